The van der Waals surface area contributed by atoms with E-state index in [-0.39, 0.29) is 18.1 Å². The van der Waals surface area contributed by atoms with Crippen molar-refractivity contribution in [3.63, 3.8) is 0 Å². The molecule has 6 nitrogen and oxygen atoms in total. The van der Waals surface area contributed by atoms with Crippen molar-refractivity contribution in [1.29, 1.82) is 0 Å². The molecule has 0 unspecified atom stereocenters. The summed E-state index contributed by atoms with van der Waals surface area (Å²) in [4.78, 5) is 11.9. The molecule has 1 N–H and O–H groups in total. The number of halogens is 1. The van der Waals surface area contributed by atoms with Crippen molar-refractivity contribution in [3.8, 4) is 5.75 Å². The summed E-state index contributed by atoms with van der Waals surface area (Å²) in [6.45, 7) is 2.20. The lowest BCUT2D eigenvalue weighted by Gasteiger charge is -2.24. The molecule has 0 aliphatic carbocycles. The summed E-state index contributed by atoms with van der Waals surface area (Å²) in [5.74, 6) is -0.0444. The number of methoxy groups -OCH3 is 1. The van der Waals surface area contributed by atoms with Crippen LogP contribution in [0.3, 0.4) is 0 Å². The lowest BCUT2D eigenvalue weighted by Crippen LogP contribution is -2.40. The third-order valence-corrected chi connectivity index (χ3v) is 4.31. The van der Waals surface area contributed by atoms with Gasteiger partial charge in [0.25, 0.3) is 0 Å². The van der Waals surface area contributed by atoms with Crippen LogP contribution in [0.4, 0.5) is 5.69 Å². The van der Waals surface area contributed by atoms with E-state index in [1.165, 1.54) is 13.2 Å². The van der Waals surface area contributed by atoms with E-state index >= 15 is 0 Å². The molecule has 0 aromatic heterocycles. The van der Waals surface area contributed by atoms with Crippen molar-refractivity contribution in [2.45, 2.75) is 19.8 Å². The number of hydrogen-bond acceptors (Lipinski definition) is 4. The van der Waals surface area contributed by atoms with Crippen molar-refractivity contribution in [2.24, 2.45) is 0 Å². The number of nitrogens with one attached hydrogen (secondary N) is 1. The highest BCUT2D eigenvalue weighted by molar-refractivity contribution is 7.92. The molecule has 1 rings (SSSR count). The van der Waals surface area contributed by atoms with Gasteiger partial charge in [-0.25, -0.2) is 8.42 Å². The molecule has 0 aliphatic rings. The van der Waals surface area contributed by atoms with Gasteiger partial charge in [-0.2, -0.15) is 0 Å². The van der Waals surface area contributed by atoms with Gasteiger partial charge in [0.05, 0.1) is 19.1 Å². The van der Waals surface area contributed by atoms with E-state index in [9.17, 15) is 13.2 Å². The van der Waals surface area contributed by atoms with Crippen LogP contribution in [0.2, 0.25) is 5.02 Å². The average molecular weight is 349 g/mol. The highest BCUT2D eigenvalue weighted by Crippen LogP contribution is 2.32. The number of ether oxygens (including phenoxy) is 1. The topological polar surface area (TPSA) is 75.7 Å². The summed E-state index contributed by atoms with van der Waals surface area (Å²) < 4.78 is 30.2. The van der Waals surface area contributed by atoms with Gasteiger partial charge in [-0.1, -0.05) is 24.9 Å². The number of carbonyl (C=O) groups is 1. The van der Waals surface area contributed by atoms with Crippen LogP contribution in [-0.4, -0.2) is 40.8 Å². The first-order valence-electron chi connectivity index (χ1n) is 6.87. The largest absolute Gasteiger partial charge is 0.495 e. The third kappa shape index (κ3) is 5.38. The zero-order valence-electron chi connectivity index (χ0n) is 12.9. The zero-order valence-corrected chi connectivity index (χ0v) is 14.5. The molecule has 1 aromatic rings. The number of rotatable bonds is 8. The second-order valence-corrected chi connectivity index (χ2v) is 7.13. The Morgan fingerprint density at radius 1 is 1.41 bits per heavy atom. The minimum absolute atomic E-state index is 0.239. The SMILES string of the molecule is CCCCNC(=O)CN(c1cc(Cl)ccc1OC)S(C)(=O)=O. The Hall–Kier alpha value is -1.47. The van der Waals surface area contributed by atoms with E-state index in [4.69, 9.17) is 16.3 Å². The number of unbranched alkanes of at least 4 members (excludes halogenated alkanes) is 1. The zero-order chi connectivity index (χ0) is 16.8. The van der Waals surface area contributed by atoms with Gasteiger partial charge in [0.1, 0.15) is 12.3 Å². The molecule has 0 saturated heterocycles. The van der Waals surface area contributed by atoms with Crippen LogP contribution in [0, 0.1) is 0 Å². The molecule has 0 aliphatic heterocycles. The predicted molar refractivity (Wildman–Crippen MR) is 88.1 cm³/mol. The molecular formula is C14H21ClN2O4S. The van der Waals surface area contributed by atoms with Gasteiger partial charge in [0.15, 0.2) is 0 Å². The van der Waals surface area contributed by atoms with E-state index in [0.29, 0.717) is 17.3 Å². The first-order chi connectivity index (χ1) is 10.3. The highest BCUT2D eigenvalue weighted by atomic mass is 35.5. The molecule has 22 heavy (non-hydrogen) atoms. The third-order valence-electron chi connectivity index (χ3n) is 2.95. The molecule has 0 spiro atoms. The predicted octanol–water partition coefficient (Wildman–Crippen LogP) is 2.03. The minimum atomic E-state index is -3.66. The van der Waals surface area contributed by atoms with Crippen LogP contribution in [0.15, 0.2) is 18.2 Å². The van der Waals surface area contributed by atoms with Gasteiger partial charge in [-0.3, -0.25) is 9.10 Å². The van der Waals surface area contributed by atoms with E-state index in [2.05, 4.69) is 5.32 Å². The van der Waals surface area contributed by atoms with Crippen molar-refractivity contribution in [3.05, 3.63) is 23.2 Å². The molecular weight excluding hydrogens is 328 g/mol. The van der Waals surface area contributed by atoms with E-state index in [0.717, 1.165) is 23.4 Å². The van der Waals surface area contributed by atoms with E-state index in [1.54, 1.807) is 12.1 Å². The maximum atomic E-state index is 12.0. The minimum Gasteiger partial charge on any atom is -0.495 e. The fraction of sp³-hybridized carbons (Fsp3) is 0.500. The standard InChI is InChI=1S/C14H21ClN2O4S/c1-4-5-8-16-14(18)10-17(22(3,19)20)12-9-11(15)6-7-13(12)21-2/h6-7,9H,4-5,8,10H2,1-3H3,(H,16,18). The Morgan fingerprint density at radius 2 is 2.09 bits per heavy atom. The summed E-state index contributed by atoms with van der Waals surface area (Å²) in [6.07, 6.45) is 2.82. The van der Waals surface area contributed by atoms with E-state index in [1.807, 2.05) is 6.92 Å². The molecule has 1 amide bonds. The summed E-state index contributed by atoms with van der Waals surface area (Å²) in [6, 6.07) is 4.61. The average Bonchev–Trinajstić information content (AvgIpc) is 2.44. The first kappa shape index (κ1) is 18.6. The van der Waals surface area contributed by atoms with Crippen molar-refractivity contribution in [2.75, 3.05) is 30.8 Å². The highest BCUT2D eigenvalue weighted by Gasteiger charge is 2.24. The van der Waals surface area contributed by atoms with Crippen molar-refractivity contribution in [1.82, 2.24) is 5.32 Å². The molecule has 0 atom stereocenters. The summed E-state index contributed by atoms with van der Waals surface area (Å²) in [7, 11) is -2.23. The number of nitrogens with zero attached hydrogens (tertiary/aromatic N) is 1. The fourth-order valence-electron chi connectivity index (χ4n) is 1.83. The Morgan fingerprint density at radius 3 is 2.64 bits per heavy atom. The van der Waals surface area contributed by atoms with Gasteiger partial charge in [-0.05, 0) is 24.6 Å². The van der Waals surface area contributed by atoms with Gasteiger partial charge in [-0.15, -0.1) is 0 Å². The summed E-state index contributed by atoms with van der Waals surface area (Å²) in [5, 5.41) is 3.05. The molecule has 0 fully saturated rings. The van der Waals surface area contributed by atoms with Crippen LogP contribution in [0.5, 0.6) is 5.75 Å². The van der Waals surface area contributed by atoms with Gasteiger partial charge in [0.2, 0.25) is 15.9 Å². The number of anilines is 1. The molecule has 0 saturated carbocycles. The monoisotopic (exact) mass is 348 g/mol. The molecule has 8 heteroatoms. The summed E-state index contributed by atoms with van der Waals surface area (Å²) in [5.41, 5.74) is 0.239. The second kappa shape index (κ2) is 8.24. The van der Waals surface area contributed by atoms with Crippen LogP contribution >= 0.6 is 11.6 Å². The van der Waals surface area contributed by atoms with Crippen LogP contribution in [0.1, 0.15) is 19.8 Å². The molecule has 0 radical (unpaired) electrons. The Kier molecular flexibility index (Phi) is 6.96. The molecule has 124 valence electrons. The smallest absolute Gasteiger partial charge is 0.240 e. The number of sulfonamides is 1. The fourth-order valence-corrected chi connectivity index (χ4v) is 2.85. The Labute approximate surface area is 136 Å². The Balaban J connectivity index is 3.05. The lowest BCUT2D eigenvalue weighted by atomic mass is 10.3. The molecule has 1 aromatic carbocycles. The van der Waals surface area contributed by atoms with Gasteiger partial charge < -0.3 is 10.1 Å². The normalized spacial score (nSPS) is 11.1. The van der Waals surface area contributed by atoms with Crippen molar-refractivity contribution >= 4 is 33.2 Å². The van der Waals surface area contributed by atoms with Gasteiger partial charge >= 0.3 is 0 Å². The number of amides is 1. The van der Waals surface area contributed by atoms with Crippen LogP contribution in [0.25, 0.3) is 0 Å². The number of carbonyl (C=O) groups excluding carboxylic acids is 1. The molecule has 0 heterocycles. The van der Waals surface area contributed by atoms with Crippen LogP contribution < -0.4 is 14.4 Å². The lowest BCUT2D eigenvalue weighted by molar-refractivity contribution is -0.119. The molecule has 0 bridgehead atoms. The van der Waals surface area contributed by atoms with Crippen LogP contribution in [-0.2, 0) is 14.8 Å². The maximum Gasteiger partial charge on any atom is 0.240 e. The van der Waals surface area contributed by atoms with Gasteiger partial charge in [0, 0.05) is 11.6 Å². The quantitative estimate of drug-likeness (QED) is 0.729. The maximum absolute atomic E-state index is 12.0. The van der Waals surface area contributed by atoms with E-state index < -0.39 is 10.0 Å². The number of hydrogen-bond donors (Lipinski definition) is 1. The first-order valence-corrected chi connectivity index (χ1v) is 9.10. The van der Waals surface area contributed by atoms with Crippen molar-refractivity contribution < 1.29 is 17.9 Å². The second-order valence-electron chi connectivity index (χ2n) is 4.79. The number of benzene rings is 1. The Bertz CT molecular complexity index is 619. The summed E-state index contributed by atoms with van der Waals surface area (Å²) >= 11 is 5.93.